The van der Waals surface area contributed by atoms with Crippen LogP contribution in [0.25, 0.3) is 0 Å². The first-order valence-corrected chi connectivity index (χ1v) is 8.28. The summed E-state index contributed by atoms with van der Waals surface area (Å²) in [4.78, 5) is 24.4. The first-order valence-electron chi connectivity index (χ1n) is 6.69. The van der Waals surface area contributed by atoms with Gasteiger partial charge in [-0.1, -0.05) is 34.1 Å². The second kappa shape index (κ2) is 6.22. The largest absolute Gasteiger partial charge is 0.326 e. The predicted molar refractivity (Wildman–Crippen MR) is 92.9 cm³/mol. The highest BCUT2D eigenvalue weighted by Gasteiger charge is 2.30. The first-order chi connectivity index (χ1) is 10.5. The van der Waals surface area contributed by atoms with E-state index in [0.29, 0.717) is 11.4 Å². The summed E-state index contributed by atoms with van der Waals surface area (Å²) >= 11 is 6.79. The summed E-state index contributed by atoms with van der Waals surface area (Å²) in [6.45, 7) is 0. The molecule has 1 atom stereocenters. The molecule has 0 aromatic heterocycles. The fraction of sp³-hybridized carbons (Fsp3) is 0.125. The molecule has 0 fully saturated rings. The van der Waals surface area contributed by atoms with Crippen molar-refractivity contribution in [2.45, 2.75) is 12.3 Å². The summed E-state index contributed by atoms with van der Waals surface area (Å²) in [5.74, 6) is -0.820. The molecule has 1 aliphatic heterocycles. The summed E-state index contributed by atoms with van der Waals surface area (Å²) in [5, 5.41) is 5.67. The van der Waals surface area contributed by atoms with Crippen molar-refractivity contribution >= 4 is 55.0 Å². The van der Waals surface area contributed by atoms with Gasteiger partial charge >= 0.3 is 0 Å². The number of fused-ring (bicyclic) bond motifs is 1. The van der Waals surface area contributed by atoms with Crippen molar-refractivity contribution in [1.29, 1.82) is 0 Å². The van der Waals surface area contributed by atoms with E-state index in [1.807, 2.05) is 36.4 Å². The van der Waals surface area contributed by atoms with Gasteiger partial charge in [0.1, 0.15) is 0 Å². The molecule has 0 spiro atoms. The standard InChI is InChI=1S/C16H12Br2N2O2/c17-9-5-6-14(12(18)7-9)20-16(22)11-8-15(21)19-13-4-2-1-3-10(11)13/h1-7,11H,8H2,(H,19,21)(H,20,22). The van der Waals surface area contributed by atoms with Gasteiger partial charge in [-0.05, 0) is 45.8 Å². The average Bonchev–Trinajstić information content (AvgIpc) is 2.49. The van der Waals surface area contributed by atoms with Gasteiger partial charge in [0.05, 0.1) is 11.6 Å². The molecule has 0 bridgehead atoms. The molecule has 3 rings (SSSR count). The molecule has 2 aromatic rings. The van der Waals surface area contributed by atoms with Gasteiger partial charge in [-0.2, -0.15) is 0 Å². The highest BCUT2D eigenvalue weighted by Crippen LogP contribution is 2.34. The van der Waals surface area contributed by atoms with Crippen LogP contribution in [0.3, 0.4) is 0 Å². The first kappa shape index (κ1) is 15.2. The number of rotatable bonds is 2. The highest BCUT2D eigenvalue weighted by molar-refractivity contribution is 9.11. The summed E-state index contributed by atoms with van der Waals surface area (Å²) in [5.41, 5.74) is 2.22. The van der Waals surface area contributed by atoms with Crippen LogP contribution < -0.4 is 10.6 Å². The van der Waals surface area contributed by atoms with Crippen LogP contribution in [0.15, 0.2) is 51.4 Å². The second-order valence-corrected chi connectivity index (χ2v) is 6.78. The molecule has 0 saturated heterocycles. The third kappa shape index (κ3) is 3.08. The molecular formula is C16H12Br2N2O2. The maximum Gasteiger partial charge on any atom is 0.232 e. The Balaban J connectivity index is 1.88. The van der Waals surface area contributed by atoms with Crippen LogP contribution in [-0.4, -0.2) is 11.8 Å². The fourth-order valence-corrected chi connectivity index (χ4v) is 3.60. The number of carbonyl (C=O) groups is 2. The van der Waals surface area contributed by atoms with Gasteiger partial charge in [0.15, 0.2) is 0 Å². The zero-order valence-corrected chi connectivity index (χ0v) is 14.6. The fourth-order valence-electron chi connectivity index (χ4n) is 2.46. The maximum absolute atomic E-state index is 12.6. The van der Waals surface area contributed by atoms with Gasteiger partial charge in [-0.15, -0.1) is 0 Å². The molecule has 2 amide bonds. The van der Waals surface area contributed by atoms with E-state index >= 15 is 0 Å². The van der Waals surface area contributed by atoms with Crippen LogP contribution in [-0.2, 0) is 9.59 Å². The molecular weight excluding hydrogens is 412 g/mol. The monoisotopic (exact) mass is 422 g/mol. The number of carbonyl (C=O) groups excluding carboxylic acids is 2. The van der Waals surface area contributed by atoms with Gasteiger partial charge in [-0.3, -0.25) is 9.59 Å². The number of nitrogens with one attached hydrogen (secondary N) is 2. The van der Waals surface area contributed by atoms with E-state index in [0.717, 1.165) is 14.5 Å². The minimum Gasteiger partial charge on any atom is -0.326 e. The number of anilines is 2. The van der Waals surface area contributed by atoms with Crippen molar-refractivity contribution in [2.75, 3.05) is 10.6 Å². The van der Waals surface area contributed by atoms with Crippen LogP contribution in [0.1, 0.15) is 17.9 Å². The topological polar surface area (TPSA) is 58.2 Å². The molecule has 1 unspecified atom stereocenters. The van der Waals surface area contributed by atoms with Gasteiger partial charge in [0.25, 0.3) is 0 Å². The maximum atomic E-state index is 12.6. The quantitative estimate of drug-likeness (QED) is 0.757. The van der Waals surface area contributed by atoms with E-state index in [1.165, 1.54) is 0 Å². The van der Waals surface area contributed by atoms with E-state index in [2.05, 4.69) is 42.5 Å². The molecule has 4 nitrogen and oxygen atoms in total. The van der Waals surface area contributed by atoms with E-state index in [4.69, 9.17) is 0 Å². The molecule has 0 radical (unpaired) electrons. The molecule has 1 aliphatic rings. The van der Waals surface area contributed by atoms with Gasteiger partial charge in [0, 0.05) is 21.1 Å². The van der Waals surface area contributed by atoms with E-state index in [9.17, 15) is 9.59 Å². The number of hydrogen-bond acceptors (Lipinski definition) is 2. The van der Waals surface area contributed by atoms with Gasteiger partial charge < -0.3 is 10.6 Å². The zero-order chi connectivity index (χ0) is 15.7. The molecule has 2 aromatic carbocycles. The Morgan fingerprint density at radius 1 is 1.18 bits per heavy atom. The molecule has 6 heteroatoms. The normalized spacial score (nSPS) is 16.6. The van der Waals surface area contributed by atoms with Crippen LogP contribution >= 0.6 is 31.9 Å². The van der Waals surface area contributed by atoms with Crippen molar-refractivity contribution in [1.82, 2.24) is 0 Å². The Bertz CT molecular complexity index is 762. The van der Waals surface area contributed by atoms with E-state index in [1.54, 1.807) is 6.07 Å². The Hall–Kier alpha value is -1.66. The molecule has 112 valence electrons. The smallest absolute Gasteiger partial charge is 0.232 e. The SMILES string of the molecule is O=C1CC(C(=O)Nc2ccc(Br)cc2Br)c2ccccc2N1. The summed E-state index contributed by atoms with van der Waals surface area (Å²) in [6, 6.07) is 12.9. The Kier molecular flexibility index (Phi) is 4.31. The highest BCUT2D eigenvalue weighted by atomic mass is 79.9. The lowest BCUT2D eigenvalue weighted by Gasteiger charge is -2.25. The number of para-hydroxylation sites is 1. The third-order valence-corrected chi connectivity index (χ3v) is 4.65. The summed E-state index contributed by atoms with van der Waals surface area (Å²) in [7, 11) is 0. The summed E-state index contributed by atoms with van der Waals surface area (Å²) < 4.78 is 1.70. The van der Waals surface area contributed by atoms with Crippen LogP contribution in [0.5, 0.6) is 0 Å². The third-order valence-electron chi connectivity index (χ3n) is 3.51. The van der Waals surface area contributed by atoms with Crippen molar-refractivity contribution in [3.8, 4) is 0 Å². The minimum absolute atomic E-state index is 0.145. The average molecular weight is 424 g/mol. The zero-order valence-electron chi connectivity index (χ0n) is 11.4. The Labute approximate surface area is 144 Å². The lowest BCUT2D eigenvalue weighted by molar-refractivity contribution is -0.123. The number of benzene rings is 2. The minimum atomic E-state index is -0.486. The molecule has 1 heterocycles. The number of amides is 2. The van der Waals surface area contributed by atoms with Crippen molar-refractivity contribution in [2.24, 2.45) is 0 Å². The second-order valence-electron chi connectivity index (χ2n) is 5.01. The van der Waals surface area contributed by atoms with Crippen molar-refractivity contribution < 1.29 is 9.59 Å². The lowest BCUT2D eigenvalue weighted by Crippen LogP contribution is -2.30. The van der Waals surface area contributed by atoms with Crippen LogP contribution in [0, 0.1) is 0 Å². The van der Waals surface area contributed by atoms with Crippen molar-refractivity contribution in [3.63, 3.8) is 0 Å². The van der Waals surface area contributed by atoms with E-state index in [-0.39, 0.29) is 18.2 Å². The van der Waals surface area contributed by atoms with Gasteiger partial charge in [-0.25, -0.2) is 0 Å². The Morgan fingerprint density at radius 2 is 1.95 bits per heavy atom. The molecule has 0 saturated carbocycles. The molecule has 22 heavy (non-hydrogen) atoms. The predicted octanol–water partition coefficient (Wildman–Crippen LogP) is 4.28. The van der Waals surface area contributed by atoms with Crippen molar-refractivity contribution in [3.05, 3.63) is 57.0 Å². The van der Waals surface area contributed by atoms with Gasteiger partial charge in [0.2, 0.25) is 11.8 Å². The Morgan fingerprint density at radius 3 is 2.73 bits per heavy atom. The number of hydrogen-bond donors (Lipinski definition) is 2. The molecule has 2 N–H and O–H groups in total. The number of halogens is 2. The lowest BCUT2D eigenvalue weighted by atomic mass is 9.90. The summed E-state index contributed by atoms with van der Waals surface area (Å²) in [6.07, 6.45) is 0.150. The van der Waals surface area contributed by atoms with Crippen LogP contribution in [0.2, 0.25) is 0 Å². The van der Waals surface area contributed by atoms with E-state index < -0.39 is 5.92 Å². The molecule has 0 aliphatic carbocycles. The van der Waals surface area contributed by atoms with Crippen LogP contribution in [0.4, 0.5) is 11.4 Å².